The monoisotopic (exact) mass is 307 g/mol. The summed E-state index contributed by atoms with van der Waals surface area (Å²) in [5, 5.41) is 0. The van der Waals surface area contributed by atoms with E-state index in [0.29, 0.717) is 18.7 Å². The molecule has 22 heavy (non-hydrogen) atoms. The lowest BCUT2D eigenvalue weighted by atomic mass is 9.82. The number of likely N-dealkylation sites (tertiary alicyclic amines) is 1. The summed E-state index contributed by atoms with van der Waals surface area (Å²) in [4.78, 5) is 26.0. The Hall–Kier alpha value is -2.08. The Morgan fingerprint density at radius 3 is 2.59 bits per heavy atom. The van der Waals surface area contributed by atoms with E-state index in [0.717, 1.165) is 6.54 Å². The molecular weight excluding hydrogens is 286 g/mol. The van der Waals surface area contributed by atoms with Crippen LogP contribution >= 0.6 is 0 Å². The Morgan fingerprint density at radius 1 is 1.27 bits per heavy atom. The minimum absolute atomic E-state index is 0.387. The van der Waals surface area contributed by atoms with Gasteiger partial charge in [-0.2, -0.15) is 0 Å². The van der Waals surface area contributed by atoms with Crippen LogP contribution in [0.2, 0.25) is 0 Å². The third-order valence-electron chi connectivity index (χ3n) is 3.97. The van der Waals surface area contributed by atoms with E-state index in [1.54, 1.807) is 31.2 Å². The molecule has 1 aromatic carbocycles. The van der Waals surface area contributed by atoms with Gasteiger partial charge < -0.3 is 19.1 Å². The van der Waals surface area contributed by atoms with Gasteiger partial charge in [-0.05, 0) is 26.1 Å². The third-order valence-corrected chi connectivity index (χ3v) is 3.97. The van der Waals surface area contributed by atoms with Gasteiger partial charge in [0.2, 0.25) is 0 Å². The van der Waals surface area contributed by atoms with Gasteiger partial charge in [0, 0.05) is 19.5 Å². The number of hydrogen-bond acceptors (Lipinski definition) is 6. The highest BCUT2D eigenvalue weighted by atomic mass is 16.7. The van der Waals surface area contributed by atoms with Gasteiger partial charge in [0.05, 0.1) is 7.11 Å². The van der Waals surface area contributed by atoms with Crippen molar-refractivity contribution >= 4 is 12.1 Å². The van der Waals surface area contributed by atoms with Crippen LogP contribution < -0.4 is 4.74 Å². The van der Waals surface area contributed by atoms with E-state index in [2.05, 4.69) is 0 Å². The van der Waals surface area contributed by atoms with Crippen LogP contribution in [-0.4, -0.2) is 49.9 Å². The van der Waals surface area contributed by atoms with Crippen LogP contribution in [0.5, 0.6) is 5.75 Å². The van der Waals surface area contributed by atoms with Crippen molar-refractivity contribution in [2.45, 2.75) is 18.9 Å². The van der Waals surface area contributed by atoms with E-state index in [4.69, 9.17) is 14.2 Å². The lowest BCUT2D eigenvalue weighted by molar-refractivity contribution is -0.161. The van der Waals surface area contributed by atoms with Gasteiger partial charge in [-0.3, -0.25) is 4.79 Å². The number of nitrogens with zero attached hydrogens (tertiary/aromatic N) is 1. The zero-order chi connectivity index (χ0) is 16.2. The normalized spacial score (nSPS) is 25.3. The topological polar surface area (TPSA) is 65.1 Å². The van der Waals surface area contributed by atoms with Crippen LogP contribution in [0.4, 0.5) is 4.79 Å². The molecule has 120 valence electrons. The third kappa shape index (κ3) is 3.76. The van der Waals surface area contributed by atoms with Crippen molar-refractivity contribution in [1.29, 1.82) is 0 Å². The fourth-order valence-corrected chi connectivity index (χ4v) is 2.57. The number of esters is 1. The fraction of sp³-hybridized carbons (Fsp3) is 0.500. The van der Waals surface area contributed by atoms with Crippen molar-refractivity contribution < 1.29 is 23.8 Å². The molecule has 0 aromatic heterocycles. The Bertz CT molecular complexity index is 533. The average Bonchev–Trinajstić information content (AvgIpc) is 2.50. The minimum atomic E-state index is -0.939. The van der Waals surface area contributed by atoms with Crippen LogP contribution in [-0.2, 0) is 14.3 Å². The number of carbonyl (C=O) groups excluding carboxylic acids is 2. The fourth-order valence-electron chi connectivity index (χ4n) is 2.57. The second-order valence-electron chi connectivity index (χ2n) is 5.67. The number of para-hydroxylation sites is 1. The smallest absolute Gasteiger partial charge is 0.469 e. The maximum absolute atomic E-state index is 12.0. The molecule has 2 atom stereocenters. The standard InChI is InChI=1S/C16H21NO5/c1-16(9-10-17(2)11-13(16)14(18)20-3)22-15(19)21-12-7-5-4-6-8-12/h4-8,13H,9-11H2,1-3H3/t13-,16-/m0/s1. The van der Waals surface area contributed by atoms with E-state index in [1.165, 1.54) is 7.11 Å². The molecule has 0 unspecified atom stereocenters. The molecule has 0 aliphatic carbocycles. The summed E-state index contributed by atoms with van der Waals surface area (Å²) in [6.07, 6.45) is -0.278. The number of hydrogen-bond donors (Lipinski definition) is 0. The Morgan fingerprint density at radius 2 is 1.95 bits per heavy atom. The van der Waals surface area contributed by atoms with Crippen molar-refractivity contribution in [3.8, 4) is 5.75 Å². The molecule has 1 aliphatic rings. The first-order valence-corrected chi connectivity index (χ1v) is 7.17. The molecule has 6 nitrogen and oxygen atoms in total. The van der Waals surface area contributed by atoms with Crippen molar-refractivity contribution in [2.24, 2.45) is 5.92 Å². The number of rotatable bonds is 3. The second kappa shape index (κ2) is 6.79. The van der Waals surface area contributed by atoms with Gasteiger partial charge in [0.15, 0.2) is 0 Å². The minimum Gasteiger partial charge on any atom is -0.469 e. The molecule has 6 heteroatoms. The van der Waals surface area contributed by atoms with Gasteiger partial charge >= 0.3 is 12.1 Å². The number of benzene rings is 1. The Labute approximate surface area is 129 Å². The highest BCUT2D eigenvalue weighted by molar-refractivity contribution is 5.75. The molecule has 0 radical (unpaired) electrons. The summed E-state index contributed by atoms with van der Waals surface area (Å²) >= 11 is 0. The van der Waals surface area contributed by atoms with E-state index >= 15 is 0 Å². The molecule has 0 N–H and O–H groups in total. The van der Waals surface area contributed by atoms with Crippen LogP contribution in [0.15, 0.2) is 30.3 Å². The molecule has 1 fully saturated rings. The predicted molar refractivity (Wildman–Crippen MR) is 79.6 cm³/mol. The number of carbonyl (C=O) groups is 2. The lowest BCUT2D eigenvalue weighted by Gasteiger charge is -2.41. The zero-order valence-electron chi connectivity index (χ0n) is 13.1. The second-order valence-corrected chi connectivity index (χ2v) is 5.67. The summed E-state index contributed by atoms with van der Waals surface area (Å²) in [5.74, 6) is -0.528. The molecule has 1 heterocycles. The summed E-state index contributed by atoms with van der Waals surface area (Å²) < 4.78 is 15.5. The number of methoxy groups -OCH3 is 1. The van der Waals surface area contributed by atoms with Gasteiger partial charge in [-0.25, -0.2) is 4.79 Å². The largest absolute Gasteiger partial charge is 0.514 e. The molecular formula is C16H21NO5. The molecule has 1 aromatic rings. The van der Waals surface area contributed by atoms with E-state index in [-0.39, 0.29) is 5.97 Å². The Balaban J connectivity index is 2.07. The predicted octanol–water partition coefficient (Wildman–Crippen LogP) is 2.09. The van der Waals surface area contributed by atoms with Crippen LogP contribution in [0.1, 0.15) is 13.3 Å². The van der Waals surface area contributed by atoms with E-state index in [1.807, 2.05) is 18.0 Å². The van der Waals surface area contributed by atoms with Crippen molar-refractivity contribution in [3.63, 3.8) is 0 Å². The van der Waals surface area contributed by atoms with Crippen molar-refractivity contribution in [1.82, 2.24) is 4.90 Å². The van der Waals surface area contributed by atoms with Crippen LogP contribution in [0.3, 0.4) is 0 Å². The molecule has 0 amide bonds. The number of piperidine rings is 1. The molecule has 1 aliphatic heterocycles. The van der Waals surface area contributed by atoms with Crippen molar-refractivity contribution in [3.05, 3.63) is 30.3 Å². The highest BCUT2D eigenvalue weighted by Crippen LogP contribution is 2.32. The summed E-state index contributed by atoms with van der Waals surface area (Å²) in [7, 11) is 3.25. The summed E-state index contributed by atoms with van der Waals surface area (Å²) in [6.45, 7) is 2.94. The quantitative estimate of drug-likeness (QED) is 0.629. The van der Waals surface area contributed by atoms with Gasteiger partial charge in [-0.15, -0.1) is 0 Å². The molecule has 1 saturated heterocycles. The molecule has 0 spiro atoms. The molecule has 0 bridgehead atoms. The summed E-state index contributed by atoms with van der Waals surface area (Å²) in [6, 6.07) is 8.67. The van der Waals surface area contributed by atoms with E-state index in [9.17, 15) is 9.59 Å². The molecule has 0 saturated carbocycles. The average molecular weight is 307 g/mol. The summed E-state index contributed by atoms with van der Waals surface area (Å²) in [5.41, 5.74) is -0.939. The van der Waals surface area contributed by atoms with Gasteiger partial charge in [-0.1, -0.05) is 18.2 Å². The molecule has 2 rings (SSSR count). The first-order chi connectivity index (χ1) is 10.4. The highest BCUT2D eigenvalue weighted by Gasteiger charge is 2.47. The maximum Gasteiger partial charge on any atom is 0.514 e. The maximum atomic E-state index is 12.0. The van der Waals surface area contributed by atoms with Gasteiger partial charge in [0.25, 0.3) is 0 Å². The lowest BCUT2D eigenvalue weighted by Crippen LogP contribution is -2.54. The first-order valence-electron chi connectivity index (χ1n) is 7.17. The zero-order valence-corrected chi connectivity index (χ0v) is 13.1. The van der Waals surface area contributed by atoms with E-state index < -0.39 is 17.7 Å². The first kappa shape index (κ1) is 16.3. The van der Waals surface area contributed by atoms with Gasteiger partial charge in [0.1, 0.15) is 17.3 Å². The number of ether oxygens (including phenoxy) is 3. The Kier molecular flexibility index (Phi) is 5.03. The SMILES string of the molecule is COC(=O)[C@@H]1CN(C)CC[C@]1(C)OC(=O)Oc1ccccc1. The van der Waals surface area contributed by atoms with Crippen LogP contribution in [0.25, 0.3) is 0 Å². The van der Waals surface area contributed by atoms with Crippen molar-refractivity contribution in [2.75, 3.05) is 27.2 Å². The van der Waals surface area contributed by atoms with Crippen LogP contribution in [0, 0.1) is 5.92 Å².